The van der Waals surface area contributed by atoms with Crippen molar-refractivity contribution in [2.45, 2.75) is 26.9 Å². The number of anilines is 1. The maximum absolute atomic E-state index is 8.76. The summed E-state index contributed by atoms with van der Waals surface area (Å²) in [6, 6.07) is 9.54. The number of rotatable bonds is 4. The second-order valence-electron chi connectivity index (χ2n) is 4.20. The number of nitriles is 1. The van der Waals surface area contributed by atoms with Crippen molar-refractivity contribution in [2.24, 2.45) is 0 Å². The van der Waals surface area contributed by atoms with E-state index < -0.39 is 0 Å². The molecular weight excluding hydrogens is 304 g/mol. The van der Waals surface area contributed by atoms with E-state index in [-0.39, 0.29) is 0 Å². The van der Waals surface area contributed by atoms with Crippen molar-refractivity contribution in [3.8, 4) is 6.07 Å². The van der Waals surface area contributed by atoms with E-state index in [2.05, 4.69) is 39.3 Å². The average Bonchev–Trinajstić information content (AvgIpc) is 2.72. The van der Waals surface area contributed by atoms with Gasteiger partial charge in [-0.2, -0.15) is 10.4 Å². The van der Waals surface area contributed by atoms with Crippen LogP contribution in [0.15, 0.2) is 28.7 Å². The first kappa shape index (κ1) is 13.6. The summed E-state index contributed by atoms with van der Waals surface area (Å²) in [5.74, 6) is 0. The molecule has 0 unspecified atom stereocenters. The fraction of sp³-hybridized carbons (Fsp3) is 0.286. The van der Waals surface area contributed by atoms with Gasteiger partial charge in [-0.15, -0.1) is 0 Å². The Labute approximate surface area is 121 Å². The molecule has 0 amide bonds. The van der Waals surface area contributed by atoms with Crippen LogP contribution in [-0.2, 0) is 13.1 Å². The predicted molar refractivity (Wildman–Crippen MR) is 78.8 cm³/mol. The molecule has 98 valence electrons. The summed E-state index contributed by atoms with van der Waals surface area (Å²) >= 11 is 3.57. The maximum Gasteiger partial charge on any atom is 0.0991 e. The molecule has 0 aliphatic rings. The highest BCUT2D eigenvalue weighted by Gasteiger charge is 2.11. The van der Waals surface area contributed by atoms with Gasteiger partial charge in [-0.25, -0.2) is 0 Å². The van der Waals surface area contributed by atoms with Gasteiger partial charge >= 0.3 is 0 Å². The van der Waals surface area contributed by atoms with Gasteiger partial charge in [0.25, 0.3) is 0 Å². The minimum atomic E-state index is 0.668. The lowest BCUT2D eigenvalue weighted by molar-refractivity contribution is 0.622. The number of aryl methyl sites for hydroxylation is 2. The van der Waals surface area contributed by atoms with Crippen molar-refractivity contribution in [2.75, 3.05) is 5.32 Å². The van der Waals surface area contributed by atoms with Gasteiger partial charge in [0, 0.05) is 12.2 Å². The normalized spacial score (nSPS) is 10.2. The van der Waals surface area contributed by atoms with Crippen LogP contribution in [-0.4, -0.2) is 9.78 Å². The Kier molecular flexibility index (Phi) is 4.23. The summed E-state index contributed by atoms with van der Waals surface area (Å²) in [5.41, 5.74) is 3.79. The third-order valence-corrected chi connectivity index (χ3v) is 3.96. The van der Waals surface area contributed by atoms with Crippen LogP contribution in [0.3, 0.4) is 0 Å². The van der Waals surface area contributed by atoms with Gasteiger partial charge in [-0.3, -0.25) is 4.68 Å². The largest absolute Gasteiger partial charge is 0.379 e. The third kappa shape index (κ3) is 2.96. The van der Waals surface area contributed by atoms with Gasteiger partial charge in [-0.05, 0) is 54.0 Å². The zero-order chi connectivity index (χ0) is 13.8. The molecule has 1 N–H and O–H groups in total. The minimum absolute atomic E-state index is 0.668. The first-order valence-corrected chi connectivity index (χ1v) is 6.90. The molecule has 0 atom stereocenters. The molecule has 2 rings (SSSR count). The molecule has 0 saturated heterocycles. The Hall–Kier alpha value is -1.80. The molecule has 0 radical (unpaired) electrons. The third-order valence-electron chi connectivity index (χ3n) is 2.93. The zero-order valence-electron chi connectivity index (χ0n) is 10.9. The summed E-state index contributed by atoms with van der Waals surface area (Å²) in [7, 11) is 0. The number of hydrogen-bond acceptors (Lipinski definition) is 3. The van der Waals surface area contributed by atoms with Crippen molar-refractivity contribution < 1.29 is 0 Å². The van der Waals surface area contributed by atoms with E-state index in [0.717, 1.165) is 28.1 Å². The first-order chi connectivity index (χ1) is 9.15. The van der Waals surface area contributed by atoms with E-state index in [0.29, 0.717) is 12.1 Å². The Bertz CT molecular complexity index is 608. The number of hydrogen-bond donors (Lipinski definition) is 1. The van der Waals surface area contributed by atoms with Crippen molar-refractivity contribution in [3.63, 3.8) is 0 Å². The minimum Gasteiger partial charge on any atom is -0.379 e. The van der Waals surface area contributed by atoms with E-state index in [9.17, 15) is 0 Å². The summed E-state index contributed by atoms with van der Waals surface area (Å²) < 4.78 is 3.03. The van der Waals surface area contributed by atoms with E-state index in [1.54, 1.807) is 12.1 Å². The van der Waals surface area contributed by atoms with Crippen molar-refractivity contribution in [3.05, 3.63) is 45.7 Å². The van der Waals surface area contributed by atoms with Crippen molar-refractivity contribution in [1.82, 2.24) is 9.78 Å². The molecule has 0 aliphatic carbocycles. The fourth-order valence-corrected chi connectivity index (χ4v) is 2.31. The fourth-order valence-electron chi connectivity index (χ4n) is 1.89. The van der Waals surface area contributed by atoms with Crippen LogP contribution in [0.25, 0.3) is 0 Å². The van der Waals surface area contributed by atoms with Gasteiger partial charge in [0.15, 0.2) is 0 Å². The molecule has 0 fully saturated rings. The molecular formula is C14H15BrN4. The lowest BCUT2D eigenvalue weighted by Gasteiger charge is -2.08. The topological polar surface area (TPSA) is 53.6 Å². The molecule has 1 heterocycles. The highest BCUT2D eigenvalue weighted by Crippen LogP contribution is 2.22. The Morgan fingerprint density at radius 1 is 1.37 bits per heavy atom. The second kappa shape index (κ2) is 5.89. The highest BCUT2D eigenvalue weighted by atomic mass is 79.9. The monoisotopic (exact) mass is 318 g/mol. The quantitative estimate of drug-likeness (QED) is 0.939. The predicted octanol–water partition coefficient (Wildman–Crippen LogP) is 3.46. The van der Waals surface area contributed by atoms with E-state index in [1.807, 2.05) is 23.7 Å². The van der Waals surface area contributed by atoms with Crippen LogP contribution in [0.5, 0.6) is 0 Å². The first-order valence-electron chi connectivity index (χ1n) is 6.11. The van der Waals surface area contributed by atoms with Crippen LogP contribution >= 0.6 is 15.9 Å². The second-order valence-corrected chi connectivity index (χ2v) is 5.00. The van der Waals surface area contributed by atoms with Crippen LogP contribution in [0, 0.1) is 18.3 Å². The van der Waals surface area contributed by atoms with Crippen LogP contribution in [0.4, 0.5) is 5.69 Å². The smallest absolute Gasteiger partial charge is 0.0991 e. The molecule has 5 heteroatoms. The molecule has 0 aliphatic heterocycles. The van der Waals surface area contributed by atoms with Crippen molar-refractivity contribution >= 4 is 21.6 Å². The SMILES string of the molecule is CCn1nc(C)c(Br)c1CNc1ccc(C#N)cc1. The average molecular weight is 319 g/mol. The molecule has 2 aromatic rings. The standard InChI is InChI=1S/C14H15BrN4/c1-3-19-13(14(15)10(2)18-19)9-17-12-6-4-11(8-16)5-7-12/h4-7,17H,3,9H2,1-2H3. The molecule has 4 nitrogen and oxygen atoms in total. The zero-order valence-corrected chi connectivity index (χ0v) is 12.5. The molecule has 0 spiro atoms. The van der Waals surface area contributed by atoms with Gasteiger partial charge in [0.05, 0.1) is 34.0 Å². The van der Waals surface area contributed by atoms with E-state index in [4.69, 9.17) is 5.26 Å². The molecule has 19 heavy (non-hydrogen) atoms. The van der Waals surface area contributed by atoms with Crippen LogP contribution < -0.4 is 5.32 Å². The number of nitrogens with zero attached hydrogens (tertiary/aromatic N) is 3. The highest BCUT2D eigenvalue weighted by molar-refractivity contribution is 9.10. The molecule has 0 bridgehead atoms. The van der Waals surface area contributed by atoms with Crippen LogP contribution in [0.1, 0.15) is 23.9 Å². The summed E-state index contributed by atoms with van der Waals surface area (Å²) in [4.78, 5) is 0. The Morgan fingerprint density at radius 2 is 2.05 bits per heavy atom. The van der Waals surface area contributed by atoms with Gasteiger partial charge in [0.1, 0.15) is 0 Å². The molecule has 1 aromatic heterocycles. The summed E-state index contributed by atoms with van der Waals surface area (Å²) in [6.07, 6.45) is 0. The maximum atomic E-state index is 8.76. The van der Waals surface area contributed by atoms with Gasteiger partial charge in [0.2, 0.25) is 0 Å². The lowest BCUT2D eigenvalue weighted by Crippen LogP contribution is -2.08. The lowest BCUT2D eigenvalue weighted by atomic mass is 10.2. The number of benzene rings is 1. The Morgan fingerprint density at radius 3 is 2.63 bits per heavy atom. The van der Waals surface area contributed by atoms with Crippen molar-refractivity contribution in [1.29, 1.82) is 5.26 Å². The number of halogens is 1. The van der Waals surface area contributed by atoms with E-state index >= 15 is 0 Å². The summed E-state index contributed by atoms with van der Waals surface area (Å²) in [6.45, 7) is 5.60. The van der Waals surface area contributed by atoms with Gasteiger partial charge < -0.3 is 5.32 Å². The Balaban J connectivity index is 2.12. The number of nitrogens with one attached hydrogen (secondary N) is 1. The van der Waals surface area contributed by atoms with Crippen LogP contribution in [0.2, 0.25) is 0 Å². The molecule has 0 saturated carbocycles. The number of aromatic nitrogens is 2. The summed E-state index contributed by atoms with van der Waals surface area (Å²) in [5, 5.41) is 16.6. The van der Waals surface area contributed by atoms with Gasteiger partial charge in [-0.1, -0.05) is 0 Å². The molecule has 1 aromatic carbocycles. The van der Waals surface area contributed by atoms with E-state index in [1.165, 1.54) is 0 Å².